The van der Waals surface area contributed by atoms with E-state index in [-0.39, 0.29) is 25.5 Å². The van der Waals surface area contributed by atoms with Gasteiger partial charge in [0.15, 0.2) is 0 Å². The van der Waals surface area contributed by atoms with Crippen LogP contribution >= 0.6 is 0 Å². The molecule has 21 heavy (non-hydrogen) atoms. The summed E-state index contributed by atoms with van der Waals surface area (Å²) in [5, 5.41) is 3.88. The maximum atomic E-state index is 13.4. The van der Waals surface area contributed by atoms with Gasteiger partial charge in [-0.05, 0) is 19.3 Å². The summed E-state index contributed by atoms with van der Waals surface area (Å²) >= 11 is 0. The molecule has 0 aromatic carbocycles. The minimum Gasteiger partial charge on any atom is -0.463 e. The fraction of sp³-hybridized carbons (Fsp3) is 0.846. The molecule has 5 nitrogen and oxygen atoms in total. The molecule has 0 saturated heterocycles. The van der Waals surface area contributed by atoms with Crippen molar-refractivity contribution < 1.29 is 27.5 Å². The smallest absolute Gasteiger partial charge is 0.436 e. The van der Waals surface area contributed by atoms with Crippen LogP contribution in [0.25, 0.3) is 0 Å². The Balaban J connectivity index is 5.50. The molecule has 8 heteroatoms. The summed E-state index contributed by atoms with van der Waals surface area (Å²) in [6, 6.07) is 0. The van der Waals surface area contributed by atoms with Crippen LogP contribution in [-0.4, -0.2) is 36.9 Å². The van der Waals surface area contributed by atoms with Gasteiger partial charge >= 0.3 is 12.1 Å². The van der Waals surface area contributed by atoms with Crippen LogP contribution in [0.5, 0.6) is 0 Å². The molecule has 0 spiro atoms. The zero-order valence-electron chi connectivity index (χ0n) is 12.8. The molecular formula is C13H23F3N2O3. The third-order valence-corrected chi connectivity index (χ3v) is 2.59. The van der Waals surface area contributed by atoms with E-state index in [1.54, 1.807) is 26.1 Å². The van der Waals surface area contributed by atoms with Crippen LogP contribution in [0.1, 0.15) is 40.5 Å². The van der Waals surface area contributed by atoms with Gasteiger partial charge in [0.05, 0.1) is 6.61 Å². The first-order valence-corrected chi connectivity index (χ1v) is 6.90. The average molecular weight is 312 g/mol. The summed E-state index contributed by atoms with van der Waals surface area (Å²) in [5.74, 6) is -2.56. The first-order valence-electron chi connectivity index (χ1n) is 6.90. The summed E-state index contributed by atoms with van der Waals surface area (Å²) in [7, 11) is 0. The average Bonchev–Trinajstić information content (AvgIpc) is 2.33. The van der Waals surface area contributed by atoms with Crippen molar-refractivity contribution in [2.24, 2.45) is 5.92 Å². The van der Waals surface area contributed by atoms with Crippen LogP contribution in [0.2, 0.25) is 0 Å². The number of carbonyl (C=O) groups excluding carboxylic acids is 2. The van der Waals surface area contributed by atoms with E-state index in [0.717, 1.165) is 0 Å². The lowest BCUT2D eigenvalue weighted by Gasteiger charge is -2.35. The highest BCUT2D eigenvalue weighted by Crippen LogP contribution is 2.30. The second-order valence-corrected chi connectivity index (χ2v) is 5.04. The van der Waals surface area contributed by atoms with Gasteiger partial charge in [-0.1, -0.05) is 20.8 Å². The molecule has 0 aliphatic carbocycles. The van der Waals surface area contributed by atoms with Crippen LogP contribution in [0.3, 0.4) is 0 Å². The maximum Gasteiger partial charge on any atom is 0.436 e. The molecule has 0 heterocycles. The summed E-state index contributed by atoms with van der Waals surface area (Å²) in [4.78, 5) is 23.4. The van der Waals surface area contributed by atoms with Gasteiger partial charge in [0.2, 0.25) is 5.91 Å². The van der Waals surface area contributed by atoms with Gasteiger partial charge in [0, 0.05) is 13.0 Å². The monoisotopic (exact) mass is 312 g/mol. The Hall–Kier alpha value is -1.31. The van der Waals surface area contributed by atoms with E-state index in [1.807, 2.05) is 0 Å². The number of halogens is 3. The third kappa shape index (κ3) is 5.53. The number of alkyl halides is 3. The van der Waals surface area contributed by atoms with E-state index >= 15 is 0 Å². The lowest BCUT2D eigenvalue weighted by molar-refractivity contribution is -0.222. The van der Waals surface area contributed by atoms with Crippen molar-refractivity contribution in [3.8, 4) is 0 Å². The number of carbonyl (C=O) groups is 2. The van der Waals surface area contributed by atoms with Gasteiger partial charge in [-0.25, -0.2) is 4.79 Å². The number of hydrogen-bond acceptors (Lipinski definition) is 4. The van der Waals surface area contributed by atoms with Crippen molar-refractivity contribution in [3.63, 3.8) is 0 Å². The molecular weight excluding hydrogens is 289 g/mol. The third-order valence-electron chi connectivity index (χ3n) is 2.59. The van der Waals surface area contributed by atoms with Crippen LogP contribution in [0, 0.1) is 5.92 Å². The predicted octanol–water partition coefficient (Wildman–Crippen LogP) is 1.97. The molecule has 0 unspecified atom stereocenters. The molecule has 0 fully saturated rings. The highest BCUT2D eigenvalue weighted by Gasteiger charge is 2.62. The highest BCUT2D eigenvalue weighted by atomic mass is 19.4. The van der Waals surface area contributed by atoms with Gasteiger partial charge in [-0.2, -0.15) is 13.2 Å². The molecule has 1 amide bonds. The number of amides is 1. The van der Waals surface area contributed by atoms with Gasteiger partial charge < -0.3 is 10.1 Å². The second-order valence-electron chi connectivity index (χ2n) is 5.04. The normalized spacial score (nSPS) is 14.7. The van der Waals surface area contributed by atoms with Crippen molar-refractivity contribution in [2.75, 3.05) is 13.2 Å². The molecule has 0 saturated carbocycles. The Labute approximate surface area is 122 Å². The lowest BCUT2D eigenvalue weighted by atomic mass is 10.1. The molecule has 0 aliphatic rings. The van der Waals surface area contributed by atoms with Gasteiger partial charge in [-0.3, -0.25) is 10.1 Å². The zero-order valence-corrected chi connectivity index (χ0v) is 12.8. The van der Waals surface area contributed by atoms with Gasteiger partial charge in [0.1, 0.15) is 0 Å². The summed E-state index contributed by atoms with van der Waals surface area (Å²) in [6.45, 7) is 6.10. The Morgan fingerprint density at radius 1 is 1.19 bits per heavy atom. The first-order chi connectivity index (χ1) is 9.60. The van der Waals surface area contributed by atoms with E-state index in [0.29, 0.717) is 6.42 Å². The number of nitrogens with one attached hydrogen (secondary N) is 2. The molecule has 0 aliphatic heterocycles. The Bertz CT molecular complexity index is 359. The molecule has 0 radical (unpaired) electrons. The number of ether oxygens (including phenoxy) is 1. The highest BCUT2D eigenvalue weighted by molar-refractivity contribution is 5.88. The number of hydrogen-bond donors (Lipinski definition) is 2. The van der Waals surface area contributed by atoms with Gasteiger partial charge in [0.25, 0.3) is 5.66 Å². The van der Waals surface area contributed by atoms with Crippen LogP contribution in [-0.2, 0) is 14.3 Å². The van der Waals surface area contributed by atoms with Crippen molar-refractivity contribution in [1.82, 2.24) is 10.6 Å². The van der Waals surface area contributed by atoms with Crippen LogP contribution in [0.15, 0.2) is 0 Å². The standard InChI is InChI=1S/C13H23F3N2O3/c1-5-7-10(19)18-12(13(14,15)16,11(20)21-6-2)17-8-9(3)4/h9,17H,5-8H2,1-4H3,(H,18,19)/t12-/m0/s1. The topological polar surface area (TPSA) is 67.4 Å². The SMILES string of the molecule is CCCC(=O)N[C@@](NCC(C)C)(C(=O)OCC)C(F)(F)F. The Kier molecular flexibility index (Phi) is 7.70. The van der Waals surface area contributed by atoms with E-state index < -0.39 is 23.7 Å². The maximum absolute atomic E-state index is 13.4. The minimum atomic E-state index is -5.02. The predicted molar refractivity (Wildman–Crippen MR) is 71.3 cm³/mol. The van der Waals surface area contributed by atoms with Crippen LogP contribution in [0.4, 0.5) is 13.2 Å². The molecule has 2 N–H and O–H groups in total. The summed E-state index contributed by atoms with van der Waals surface area (Å²) in [6.07, 6.45) is -4.76. The lowest BCUT2D eigenvalue weighted by Crippen LogP contribution is -2.73. The van der Waals surface area contributed by atoms with Crippen molar-refractivity contribution >= 4 is 11.9 Å². The molecule has 1 atom stereocenters. The van der Waals surface area contributed by atoms with Crippen molar-refractivity contribution in [3.05, 3.63) is 0 Å². The molecule has 124 valence electrons. The van der Waals surface area contributed by atoms with Gasteiger partial charge in [-0.15, -0.1) is 0 Å². The van der Waals surface area contributed by atoms with Crippen molar-refractivity contribution in [2.45, 2.75) is 52.4 Å². The largest absolute Gasteiger partial charge is 0.463 e. The number of rotatable bonds is 8. The van der Waals surface area contributed by atoms with E-state index in [9.17, 15) is 22.8 Å². The molecule has 0 rings (SSSR count). The van der Waals surface area contributed by atoms with E-state index in [2.05, 4.69) is 10.1 Å². The number of esters is 1. The summed E-state index contributed by atoms with van der Waals surface area (Å²) in [5.41, 5.74) is -3.21. The first kappa shape index (κ1) is 19.7. The van der Waals surface area contributed by atoms with E-state index in [4.69, 9.17) is 0 Å². The minimum absolute atomic E-state index is 0.106. The molecule has 0 bridgehead atoms. The van der Waals surface area contributed by atoms with Crippen LogP contribution < -0.4 is 10.6 Å². The molecule has 0 aromatic heterocycles. The fourth-order valence-corrected chi connectivity index (χ4v) is 1.55. The zero-order chi connectivity index (χ0) is 16.7. The Morgan fingerprint density at radius 2 is 1.76 bits per heavy atom. The molecule has 0 aromatic rings. The Morgan fingerprint density at radius 3 is 2.14 bits per heavy atom. The van der Waals surface area contributed by atoms with Crippen molar-refractivity contribution in [1.29, 1.82) is 0 Å². The summed E-state index contributed by atoms with van der Waals surface area (Å²) < 4.78 is 44.8. The quantitative estimate of drug-likeness (QED) is 0.531. The van der Waals surface area contributed by atoms with E-state index in [1.165, 1.54) is 6.92 Å². The second kappa shape index (κ2) is 8.21. The fourth-order valence-electron chi connectivity index (χ4n) is 1.55.